The third-order valence-electron chi connectivity index (χ3n) is 6.35. The topological polar surface area (TPSA) is 128 Å². The van der Waals surface area contributed by atoms with Crippen LogP contribution in [0.4, 0.5) is 4.79 Å². The number of aromatic hydroxyl groups is 2. The first kappa shape index (κ1) is 32.0. The number of rotatable bonds is 9. The molecule has 42 heavy (non-hydrogen) atoms. The van der Waals surface area contributed by atoms with Gasteiger partial charge in [-0.05, 0) is 82.5 Å². The third-order valence-corrected chi connectivity index (χ3v) is 6.35. The summed E-state index contributed by atoms with van der Waals surface area (Å²) in [5, 5.41) is 25.4. The van der Waals surface area contributed by atoms with Crippen molar-refractivity contribution in [1.82, 2.24) is 15.5 Å². The fourth-order valence-corrected chi connectivity index (χ4v) is 4.49. The van der Waals surface area contributed by atoms with Crippen LogP contribution in [0.25, 0.3) is 0 Å². The molecule has 9 nitrogen and oxygen atoms in total. The lowest BCUT2D eigenvalue weighted by atomic mass is 9.94. The number of alkyl carbamates (subject to hydrolysis) is 1. The number of amides is 3. The first-order valence-electron chi connectivity index (χ1n) is 13.9. The molecule has 0 aromatic heterocycles. The second-order valence-corrected chi connectivity index (χ2v) is 12.1. The summed E-state index contributed by atoms with van der Waals surface area (Å²) in [5.41, 5.74) is 0.382. The molecule has 0 saturated heterocycles. The Kier molecular flexibility index (Phi) is 10.2. The maximum absolute atomic E-state index is 14.5. The number of hydrogen-bond acceptors (Lipinski definition) is 6. The summed E-state index contributed by atoms with van der Waals surface area (Å²) >= 11 is 0. The van der Waals surface area contributed by atoms with Gasteiger partial charge in [-0.15, -0.1) is 0 Å². The number of nitrogens with zero attached hydrogens (tertiary/aromatic N) is 1. The molecule has 3 aromatic rings. The average Bonchev–Trinajstić information content (AvgIpc) is 2.90. The number of benzene rings is 3. The molecule has 3 amide bonds. The fourth-order valence-electron chi connectivity index (χ4n) is 4.49. The molecule has 2 unspecified atom stereocenters. The SMILES string of the molecule is CC(C)(C)OC(=O)NC(Cc1ccc(O)cc1)C(=O)N(C(C(=O)NCc1ccccc1)c1ccc(O)cc1)C(C)(C)C. The van der Waals surface area contributed by atoms with Crippen LogP contribution < -0.4 is 10.6 Å². The van der Waals surface area contributed by atoms with Gasteiger partial charge in [0, 0.05) is 18.5 Å². The lowest BCUT2D eigenvalue weighted by Crippen LogP contribution is -2.59. The Bertz CT molecular complexity index is 1340. The van der Waals surface area contributed by atoms with Gasteiger partial charge in [-0.1, -0.05) is 54.6 Å². The molecule has 0 radical (unpaired) electrons. The van der Waals surface area contributed by atoms with E-state index in [1.807, 2.05) is 51.1 Å². The highest BCUT2D eigenvalue weighted by Gasteiger charge is 2.42. The maximum atomic E-state index is 14.5. The van der Waals surface area contributed by atoms with Crippen molar-refractivity contribution < 1.29 is 29.3 Å². The molecule has 0 aliphatic heterocycles. The highest BCUT2D eigenvalue weighted by atomic mass is 16.6. The number of carbonyl (C=O) groups is 3. The summed E-state index contributed by atoms with van der Waals surface area (Å²) in [4.78, 5) is 42.8. The van der Waals surface area contributed by atoms with Crippen LogP contribution in [-0.2, 0) is 27.3 Å². The second kappa shape index (κ2) is 13.4. The molecule has 3 aromatic carbocycles. The van der Waals surface area contributed by atoms with Gasteiger partial charge in [0.05, 0.1) is 0 Å². The Morgan fingerprint density at radius 1 is 0.786 bits per heavy atom. The molecule has 0 aliphatic carbocycles. The highest BCUT2D eigenvalue weighted by Crippen LogP contribution is 2.31. The fraction of sp³-hybridized carbons (Fsp3) is 0.364. The van der Waals surface area contributed by atoms with E-state index in [1.165, 1.54) is 29.2 Å². The van der Waals surface area contributed by atoms with Gasteiger partial charge in [-0.2, -0.15) is 0 Å². The molecule has 0 saturated carbocycles. The third kappa shape index (κ3) is 9.26. The van der Waals surface area contributed by atoms with Crippen molar-refractivity contribution in [2.75, 3.05) is 0 Å². The molecule has 0 heterocycles. The van der Waals surface area contributed by atoms with E-state index in [0.29, 0.717) is 11.1 Å². The Balaban J connectivity index is 2.04. The van der Waals surface area contributed by atoms with Gasteiger partial charge in [0.2, 0.25) is 11.8 Å². The van der Waals surface area contributed by atoms with E-state index in [-0.39, 0.29) is 24.5 Å². The molecule has 4 N–H and O–H groups in total. The zero-order valence-corrected chi connectivity index (χ0v) is 25.0. The lowest BCUT2D eigenvalue weighted by Gasteiger charge is -2.43. The highest BCUT2D eigenvalue weighted by molar-refractivity contribution is 5.92. The molecule has 0 spiro atoms. The van der Waals surface area contributed by atoms with E-state index < -0.39 is 41.1 Å². The van der Waals surface area contributed by atoms with Crippen molar-refractivity contribution in [1.29, 1.82) is 0 Å². The van der Waals surface area contributed by atoms with Crippen LogP contribution in [0, 0.1) is 0 Å². The molecule has 3 rings (SSSR count). The van der Waals surface area contributed by atoms with E-state index in [2.05, 4.69) is 10.6 Å². The average molecular weight is 576 g/mol. The standard InChI is InChI=1S/C33H41N3O6/c1-32(2,3)36(28(24-14-18-26(38)19-15-24)29(39)34-21-23-10-8-7-9-11-23)30(40)27(35-31(41)42-33(4,5)6)20-22-12-16-25(37)17-13-22/h7-19,27-28,37-38H,20-21H2,1-6H3,(H,34,39)(H,35,41). The zero-order chi connectivity index (χ0) is 31.1. The summed E-state index contributed by atoms with van der Waals surface area (Å²) in [6.07, 6.45) is -0.693. The van der Waals surface area contributed by atoms with Crippen molar-refractivity contribution in [3.8, 4) is 11.5 Å². The van der Waals surface area contributed by atoms with Gasteiger partial charge in [-0.3, -0.25) is 9.59 Å². The molecule has 9 heteroatoms. The first-order valence-corrected chi connectivity index (χ1v) is 13.9. The van der Waals surface area contributed by atoms with E-state index in [4.69, 9.17) is 4.74 Å². The Hall–Kier alpha value is -4.53. The van der Waals surface area contributed by atoms with Crippen molar-refractivity contribution >= 4 is 17.9 Å². The summed E-state index contributed by atoms with van der Waals surface area (Å²) in [6, 6.07) is 19.7. The summed E-state index contributed by atoms with van der Waals surface area (Å²) < 4.78 is 5.47. The van der Waals surface area contributed by atoms with Gasteiger partial charge in [0.15, 0.2) is 0 Å². The molecular weight excluding hydrogens is 534 g/mol. The normalized spacial score (nSPS) is 13.0. The predicted octanol–water partition coefficient (Wildman–Crippen LogP) is 5.22. The van der Waals surface area contributed by atoms with Gasteiger partial charge >= 0.3 is 6.09 Å². The smallest absolute Gasteiger partial charge is 0.408 e. The number of hydrogen-bond donors (Lipinski definition) is 4. The Labute approximate surface area is 247 Å². The monoisotopic (exact) mass is 575 g/mol. The molecule has 224 valence electrons. The molecule has 2 atom stereocenters. The predicted molar refractivity (Wildman–Crippen MR) is 161 cm³/mol. The van der Waals surface area contributed by atoms with Crippen LogP contribution in [0.3, 0.4) is 0 Å². The number of ether oxygens (including phenoxy) is 1. The van der Waals surface area contributed by atoms with Crippen molar-refractivity contribution in [2.24, 2.45) is 0 Å². The molecule has 0 bridgehead atoms. The van der Waals surface area contributed by atoms with Gasteiger partial charge < -0.3 is 30.5 Å². The Morgan fingerprint density at radius 3 is 1.86 bits per heavy atom. The molecular formula is C33H41N3O6. The van der Waals surface area contributed by atoms with Crippen molar-refractivity contribution in [3.05, 3.63) is 95.6 Å². The minimum absolute atomic E-state index is 0.0210. The van der Waals surface area contributed by atoms with E-state index in [9.17, 15) is 24.6 Å². The van der Waals surface area contributed by atoms with Crippen LogP contribution >= 0.6 is 0 Å². The van der Waals surface area contributed by atoms with Gasteiger partial charge in [0.1, 0.15) is 29.2 Å². The number of nitrogens with one attached hydrogen (secondary N) is 2. The van der Waals surface area contributed by atoms with Gasteiger partial charge in [-0.25, -0.2) is 4.79 Å². The summed E-state index contributed by atoms with van der Waals surface area (Å²) in [6.45, 7) is 10.9. The number of phenols is 2. The van der Waals surface area contributed by atoms with Crippen LogP contribution in [0.5, 0.6) is 11.5 Å². The second-order valence-electron chi connectivity index (χ2n) is 12.1. The molecule has 0 aliphatic rings. The van der Waals surface area contributed by atoms with Crippen LogP contribution in [0.1, 0.15) is 64.3 Å². The molecule has 0 fully saturated rings. The minimum Gasteiger partial charge on any atom is -0.508 e. The van der Waals surface area contributed by atoms with E-state index in [0.717, 1.165) is 5.56 Å². The van der Waals surface area contributed by atoms with Crippen LogP contribution in [0.2, 0.25) is 0 Å². The first-order chi connectivity index (χ1) is 19.6. The van der Waals surface area contributed by atoms with E-state index >= 15 is 0 Å². The zero-order valence-electron chi connectivity index (χ0n) is 25.0. The lowest BCUT2D eigenvalue weighted by molar-refractivity contribution is -0.148. The van der Waals surface area contributed by atoms with Crippen LogP contribution in [0.15, 0.2) is 78.9 Å². The van der Waals surface area contributed by atoms with Gasteiger partial charge in [0.25, 0.3) is 0 Å². The van der Waals surface area contributed by atoms with Crippen molar-refractivity contribution in [2.45, 2.75) is 77.7 Å². The quantitative estimate of drug-likeness (QED) is 0.277. The number of phenolic OH excluding ortho intramolecular Hbond substituents is 2. The van der Waals surface area contributed by atoms with Crippen LogP contribution in [-0.4, -0.2) is 50.2 Å². The number of carbonyl (C=O) groups excluding carboxylic acids is 3. The maximum Gasteiger partial charge on any atom is 0.408 e. The largest absolute Gasteiger partial charge is 0.508 e. The summed E-state index contributed by atoms with van der Waals surface area (Å²) in [7, 11) is 0. The summed E-state index contributed by atoms with van der Waals surface area (Å²) in [5.74, 6) is -0.837. The minimum atomic E-state index is -1.11. The Morgan fingerprint density at radius 2 is 1.33 bits per heavy atom. The van der Waals surface area contributed by atoms with Crippen molar-refractivity contribution in [3.63, 3.8) is 0 Å². The van der Waals surface area contributed by atoms with E-state index in [1.54, 1.807) is 45.0 Å².